The number of nitrogens with zero attached hydrogens (tertiary/aromatic N) is 1. The molecule has 1 aromatic carbocycles. The van der Waals surface area contributed by atoms with E-state index in [9.17, 15) is 4.79 Å². The molecule has 0 aliphatic heterocycles. The van der Waals surface area contributed by atoms with Crippen LogP contribution in [0.25, 0.3) is 11.4 Å². The van der Waals surface area contributed by atoms with Crippen LogP contribution in [-0.2, 0) is 6.42 Å². The summed E-state index contributed by atoms with van der Waals surface area (Å²) in [6.07, 6.45) is 2.45. The maximum absolute atomic E-state index is 12.0. The van der Waals surface area contributed by atoms with Crippen molar-refractivity contribution >= 4 is 0 Å². The van der Waals surface area contributed by atoms with Crippen molar-refractivity contribution < 1.29 is 9.84 Å². The molecule has 118 valence electrons. The lowest BCUT2D eigenvalue weighted by Gasteiger charge is -2.08. The molecular weight excluding hydrogens is 280 g/mol. The first-order valence-electron chi connectivity index (χ1n) is 7.59. The van der Waals surface area contributed by atoms with Gasteiger partial charge in [0.25, 0.3) is 5.56 Å². The van der Waals surface area contributed by atoms with Crippen LogP contribution in [0.15, 0.2) is 29.1 Å². The lowest BCUT2D eigenvalue weighted by molar-refractivity contribution is 0.298. The van der Waals surface area contributed by atoms with Crippen molar-refractivity contribution in [1.82, 2.24) is 9.97 Å². The maximum Gasteiger partial charge on any atom is 0.254 e. The van der Waals surface area contributed by atoms with Crippen LogP contribution in [0.4, 0.5) is 0 Å². The van der Waals surface area contributed by atoms with Gasteiger partial charge < -0.3 is 14.8 Å². The lowest BCUT2D eigenvalue weighted by atomic mass is 10.1. The number of rotatable bonds is 7. The third kappa shape index (κ3) is 3.95. The highest BCUT2D eigenvalue weighted by Gasteiger charge is 2.09. The minimum absolute atomic E-state index is 0.0608. The zero-order valence-corrected chi connectivity index (χ0v) is 13.1. The van der Waals surface area contributed by atoms with Gasteiger partial charge >= 0.3 is 0 Å². The molecule has 0 bridgehead atoms. The number of aliphatic hydroxyl groups excluding tert-OH is 1. The molecule has 22 heavy (non-hydrogen) atoms. The molecule has 0 radical (unpaired) electrons. The van der Waals surface area contributed by atoms with Crippen molar-refractivity contribution in [2.75, 3.05) is 13.2 Å². The Bertz CT molecular complexity index is 663. The maximum atomic E-state index is 12.0. The second-order valence-corrected chi connectivity index (χ2v) is 5.18. The number of hydrogen-bond donors (Lipinski definition) is 2. The van der Waals surface area contributed by atoms with E-state index in [4.69, 9.17) is 9.84 Å². The van der Waals surface area contributed by atoms with E-state index in [-0.39, 0.29) is 12.2 Å². The summed E-state index contributed by atoms with van der Waals surface area (Å²) in [6.45, 7) is 4.55. The summed E-state index contributed by atoms with van der Waals surface area (Å²) >= 11 is 0. The molecule has 5 nitrogen and oxygen atoms in total. The first kappa shape index (κ1) is 16.2. The monoisotopic (exact) mass is 302 g/mol. The van der Waals surface area contributed by atoms with Crippen LogP contribution in [0.1, 0.15) is 31.0 Å². The van der Waals surface area contributed by atoms with Crippen LogP contribution >= 0.6 is 0 Å². The normalized spacial score (nSPS) is 10.7. The zero-order valence-electron chi connectivity index (χ0n) is 13.1. The minimum atomic E-state index is -0.195. The number of aliphatic hydroxyl groups is 1. The van der Waals surface area contributed by atoms with Gasteiger partial charge in [-0.3, -0.25) is 4.79 Å². The van der Waals surface area contributed by atoms with E-state index in [0.29, 0.717) is 30.1 Å². The molecular formula is C17H22N2O3. The highest BCUT2D eigenvalue weighted by atomic mass is 16.5. The SMILES string of the molecule is CCCCOc1ccc(-c2nc(C)c(CCO)c(=O)[nH]2)cc1. The largest absolute Gasteiger partial charge is 0.494 e. The topological polar surface area (TPSA) is 75.2 Å². The summed E-state index contributed by atoms with van der Waals surface area (Å²) in [4.78, 5) is 19.2. The molecule has 1 aromatic heterocycles. The number of aryl methyl sites for hydroxylation is 1. The second kappa shape index (κ2) is 7.75. The number of benzene rings is 1. The Morgan fingerprint density at radius 3 is 2.59 bits per heavy atom. The summed E-state index contributed by atoms with van der Waals surface area (Å²) in [6, 6.07) is 7.51. The average Bonchev–Trinajstić information content (AvgIpc) is 2.52. The Morgan fingerprint density at radius 2 is 2.00 bits per heavy atom. The van der Waals surface area contributed by atoms with E-state index in [2.05, 4.69) is 16.9 Å². The van der Waals surface area contributed by atoms with Gasteiger partial charge in [0.15, 0.2) is 0 Å². The van der Waals surface area contributed by atoms with E-state index in [0.717, 1.165) is 24.2 Å². The van der Waals surface area contributed by atoms with Crippen molar-refractivity contribution in [1.29, 1.82) is 0 Å². The quantitative estimate of drug-likeness (QED) is 0.770. The molecule has 0 spiro atoms. The third-order valence-electron chi connectivity index (χ3n) is 3.48. The van der Waals surface area contributed by atoms with Crippen LogP contribution in [0, 0.1) is 6.92 Å². The molecule has 0 atom stereocenters. The number of ether oxygens (including phenoxy) is 1. The molecule has 0 amide bonds. The Morgan fingerprint density at radius 1 is 1.27 bits per heavy atom. The molecule has 5 heteroatoms. The molecule has 2 aromatic rings. The van der Waals surface area contributed by atoms with Crippen LogP contribution in [0.3, 0.4) is 0 Å². The van der Waals surface area contributed by atoms with Crippen molar-refractivity contribution in [3.8, 4) is 17.1 Å². The second-order valence-electron chi connectivity index (χ2n) is 5.18. The van der Waals surface area contributed by atoms with Crippen LogP contribution in [0.2, 0.25) is 0 Å². The molecule has 2 rings (SSSR count). The van der Waals surface area contributed by atoms with Crippen LogP contribution in [-0.4, -0.2) is 28.3 Å². The first-order chi connectivity index (χ1) is 10.7. The number of hydrogen-bond acceptors (Lipinski definition) is 4. The number of nitrogens with one attached hydrogen (secondary N) is 1. The molecule has 1 heterocycles. The fraction of sp³-hybridized carbons (Fsp3) is 0.412. The highest BCUT2D eigenvalue weighted by Crippen LogP contribution is 2.19. The molecule has 0 fully saturated rings. The Kier molecular flexibility index (Phi) is 5.72. The fourth-order valence-electron chi connectivity index (χ4n) is 2.20. The summed E-state index contributed by atoms with van der Waals surface area (Å²) in [5, 5.41) is 8.98. The van der Waals surface area contributed by atoms with Crippen molar-refractivity contribution in [3.63, 3.8) is 0 Å². The predicted molar refractivity (Wildman–Crippen MR) is 86.2 cm³/mol. The van der Waals surface area contributed by atoms with E-state index in [1.807, 2.05) is 24.3 Å². The summed E-state index contributed by atoms with van der Waals surface area (Å²) in [5.41, 5.74) is 1.82. The van der Waals surface area contributed by atoms with Crippen molar-refractivity contribution in [2.24, 2.45) is 0 Å². The lowest BCUT2D eigenvalue weighted by Crippen LogP contribution is -2.18. The number of aromatic nitrogens is 2. The summed E-state index contributed by atoms with van der Waals surface area (Å²) in [7, 11) is 0. The molecule has 0 unspecified atom stereocenters. The van der Waals surface area contributed by atoms with Gasteiger partial charge in [-0.05, 0) is 37.6 Å². The van der Waals surface area contributed by atoms with E-state index in [1.165, 1.54) is 0 Å². The minimum Gasteiger partial charge on any atom is -0.494 e. The van der Waals surface area contributed by atoms with Gasteiger partial charge in [-0.15, -0.1) is 0 Å². The summed E-state index contributed by atoms with van der Waals surface area (Å²) < 4.78 is 5.62. The van der Waals surface area contributed by atoms with Crippen molar-refractivity contribution in [3.05, 3.63) is 45.9 Å². The van der Waals surface area contributed by atoms with Gasteiger partial charge in [0.05, 0.1) is 6.61 Å². The van der Waals surface area contributed by atoms with Gasteiger partial charge in [0.1, 0.15) is 11.6 Å². The molecule has 0 saturated carbocycles. The zero-order chi connectivity index (χ0) is 15.9. The molecule has 0 aliphatic carbocycles. The van der Waals surface area contributed by atoms with Crippen molar-refractivity contribution in [2.45, 2.75) is 33.1 Å². The number of unbranched alkanes of at least 4 members (excludes halogenated alkanes) is 1. The van der Waals surface area contributed by atoms with E-state index < -0.39 is 0 Å². The van der Waals surface area contributed by atoms with Gasteiger partial charge in [0.2, 0.25) is 0 Å². The summed E-state index contributed by atoms with van der Waals surface area (Å²) in [5.74, 6) is 1.34. The van der Waals surface area contributed by atoms with Crippen LogP contribution < -0.4 is 10.3 Å². The third-order valence-corrected chi connectivity index (χ3v) is 3.48. The van der Waals surface area contributed by atoms with Gasteiger partial charge in [-0.1, -0.05) is 13.3 Å². The van der Waals surface area contributed by atoms with Gasteiger partial charge in [-0.25, -0.2) is 4.98 Å². The Hall–Kier alpha value is -2.14. The number of H-pyrrole nitrogens is 1. The highest BCUT2D eigenvalue weighted by molar-refractivity contribution is 5.56. The average molecular weight is 302 g/mol. The van der Waals surface area contributed by atoms with E-state index in [1.54, 1.807) is 6.92 Å². The first-order valence-corrected chi connectivity index (χ1v) is 7.59. The predicted octanol–water partition coefficient (Wildman–Crippen LogP) is 2.46. The smallest absolute Gasteiger partial charge is 0.254 e. The molecule has 0 aliphatic rings. The fourth-order valence-corrected chi connectivity index (χ4v) is 2.20. The Balaban J connectivity index is 2.20. The molecule has 0 saturated heterocycles. The van der Waals surface area contributed by atoms with Gasteiger partial charge in [0, 0.05) is 29.8 Å². The van der Waals surface area contributed by atoms with Gasteiger partial charge in [-0.2, -0.15) is 0 Å². The Labute approximate surface area is 130 Å². The standard InChI is InChI=1S/C17H22N2O3/c1-3-4-11-22-14-7-5-13(6-8-14)16-18-12(2)15(9-10-20)17(21)19-16/h5-8,20H,3-4,9-11H2,1-2H3,(H,18,19,21). The molecule has 2 N–H and O–H groups in total. The number of aromatic amines is 1. The van der Waals surface area contributed by atoms with Crippen LogP contribution in [0.5, 0.6) is 5.75 Å². The van der Waals surface area contributed by atoms with E-state index >= 15 is 0 Å².